The third-order valence-electron chi connectivity index (χ3n) is 11.7. The molecule has 1 aromatic carbocycles. The molecule has 1 aliphatic carbocycles. The molecule has 53 heavy (non-hydrogen) atoms. The molecular weight excluding hydrogens is 669 g/mol. The smallest absolute Gasteiger partial charge is 0.270 e. The van der Waals surface area contributed by atoms with Crippen LogP contribution in [-0.2, 0) is 16.1 Å². The standard InChI is InChI=1S/C40H50N10O3/c1-46(2)39(53)34-23-28-24-42-40(45-37(28)50(34)30-8-4-5-9-30)43-35-13-11-31(25-41-35)48-17-15-29(16-18-48)49-21-19-47(20-22-49)26-27-7-3-6-10-32(27)33-12-14-36(51)44-38(33)52/h3,6-7,10-11,13,23-25,29-30,33H,4-5,8-9,12,14-22,26H2,1-2H3,(H,44,51,52)(H,41,42,43,45). The number of aromatic nitrogens is 4. The van der Waals surface area contributed by atoms with Crippen molar-refractivity contribution in [2.45, 2.75) is 75.9 Å². The van der Waals surface area contributed by atoms with Gasteiger partial charge in [0.25, 0.3) is 5.91 Å². The second kappa shape index (κ2) is 15.2. The molecule has 1 atom stereocenters. The SMILES string of the molecule is CN(C)C(=O)c1cc2cnc(Nc3ccc(N4CCC(N5CCN(Cc6ccccc6C6CCC(=O)NC6=O)CC5)CC4)cn3)nc2n1C1CCCC1. The monoisotopic (exact) mass is 718 g/mol. The van der Waals surface area contributed by atoms with Crippen molar-refractivity contribution in [2.24, 2.45) is 0 Å². The molecule has 1 saturated carbocycles. The van der Waals surface area contributed by atoms with Crippen LogP contribution in [0.3, 0.4) is 0 Å². The van der Waals surface area contributed by atoms with Crippen LogP contribution < -0.4 is 15.5 Å². The fourth-order valence-corrected chi connectivity index (χ4v) is 8.78. The molecule has 4 aliphatic rings. The first-order chi connectivity index (χ1) is 25.8. The first kappa shape index (κ1) is 35.2. The van der Waals surface area contributed by atoms with Gasteiger partial charge in [-0.15, -0.1) is 0 Å². The normalized spacial score (nSPS) is 20.9. The molecule has 8 rings (SSSR count). The number of carbonyl (C=O) groups is 3. The molecule has 1 unspecified atom stereocenters. The van der Waals surface area contributed by atoms with E-state index in [-0.39, 0.29) is 29.7 Å². The lowest BCUT2D eigenvalue weighted by Crippen LogP contribution is -2.53. The molecule has 3 aromatic heterocycles. The van der Waals surface area contributed by atoms with E-state index in [1.54, 1.807) is 25.2 Å². The Morgan fingerprint density at radius 1 is 0.887 bits per heavy atom. The maximum atomic E-state index is 13.1. The van der Waals surface area contributed by atoms with Crippen molar-refractivity contribution < 1.29 is 14.4 Å². The van der Waals surface area contributed by atoms with Crippen LogP contribution in [0.15, 0.2) is 54.9 Å². The van der Waals surface area contributed by atoms with Crippen molar-refractivity contribution in [1.82, 2.24) is 39.5 Å². The summed E-state index contributed by atoms with van der Waals surface area (Å²) < 4.78 is 2.13. The number of imide groups is 1. The number of carbonyl (C=O) groups excluding carboxylic acids is 3. The van der Waals surface area contributed by atoms with Crippen molar-refractivity contribution in [1.29, 1.82) is 0 Å². The maximum absolute atomic E-state index is 13.1. The molecule has 13 nitrogen and oxygen atoms in total. The van der Waals surface area contributed by atoms with Crippen LogP contribution in [0.5, 0.6) is 0 Å². The zero-order valence-corrected chi connectivity index (χ0v) is 30.8. The fourth-order valence-electron chi connectivity index (χ4n) is 8.78. The molecule has 2 N–H and O–H groups in total. The predicted octanol–water partition coefficient (Wildman–Crippen LogP) is 4.69. The average molecular weight is 719 g/mol. The van der Waals surface area contributed by atoms with Crippen LogP contribution in [0.25, 0.3) is 11.0 Å². The van der Waals surface area contributed by atoms with Crippen LogP contribution in [0.1, 0.15) is 84.9 Å². The minimum absolute atomic E-state index is 0.0180. The highest BCUT2D eigenvalue weighted by atomic mass is 16.2. The van der Waals surface area contributed by atoms with Crippen LogP contribution >= 0.6 is 0 Å². The van der Waals surface area contributed by atoms with E-state index in [2.05, 4.69) is 53.1 Å². The lowest BCUT2D eigenvalue weighted by molar-refractivity contribution is -0.134. The highest BCUT2D eigenvalue weighted by molar-refractivity contribution is 6.01. The summed E-state index contributed by atoms with van der Waals surface area (Å²) in [6.45, 7) is 6.89. The Morgan fingerprint density at radius 3 is 2.38 bits per heavy atom. The number of benzene rings is 1. The van der Waals surface area contributed by atoms with Gasteiger partial charge in [-0.1, -0.05) is 37.1 Å². The molecule has 0 spiro atoms. The van der Waals surface area contributed by atoms with Gasteiger partial charge in [-0.05, 0) is 61.4 Å². The van der Waals surface area contributed by atoms with E-state index in [9.17, 15) is 14.4 Å². The average Bonchev–Trinajstić information content (AvgIpc) is 3.84. The number of nitrogens with one attached hydrogen (secondary N) is 2. The zero-order valence-electron chi connectivity index (χ0n) is 30.8. The van der Waals surface area contributed by atoms with E-state index in [1.165, 1.54) is 5.56 Å². The Morgan fingerprint density at radius 2 is 1.66 bits per heavy atom. The highest BCUT2D eigenvalue weighted by Gasteiger charge is 2.32. The molecule has 0 radical (unpaired) electrons. The number of anilines is 3. The topological polar surface area (TPSA) is 132 Å². The number of rotatable bonds is 9. The van der Waals surface area contributed by atoms with Gasteiger partial charge in [-0.2, -0.15) is 4.98 Å². The van der Waals surface area contributed by atoms with E-state index in [4.69, 9.17) is 9.97 Å². The first-order valence-electron chi connectivity index (χ1n) is 19.3. The van der Waals surface area contributed by atoms with Gasteiger partial charge >= 0.3 is 0 Å². The van der Waals surface area contributed by atoms with Gasteiger partial charge < -0.3 is 19.7 Å². The molecule has 6 heterocycles. The Labute approximate surface area is 310 Å². The molecule has 0 bridgehead atoms. The molecule has 4 aromatic rings. The quantitative estimate of drug-likeness (QED) is 0.235. The lowest BCUT2D eigenvalue weighted by Gasteiger charge is -2.43. The summed E-state index contributed by atoms with van der Waals surface area (Å²) in [6.07, 6.45) is 11.4. The Balaban J connectivity index is 0.842. The van der Waals surface area contributed by atoms with Gasteiger partial charge in [0.2, 0.25) is 17.8 Å². The van der Waals surface area contributed by atoms with Crippen LogP contribution in [0.2, 0.25) is 0 Å². The molecule has 278 valence electrons. The summed E-state index contributed by atoms with van der Waals surface area (Å²) in [5.74, 6) is 0.543. The van der Waals surface area contributed by atoms with E-state index >= 15 is 0 Å². The van der Waals surface area contributed by atoms with Crippen molar-refractivity contribution in [3.63, 3.8) is 0 Å². The van der Waals surface area contributed by atoms with Gasteiger partial charge in [0.05, 0.1) is 17.8 Å². The van der Waals surface area contributed by atoms with Gasteiger partial charge in [0.15, 0.2) is 0 Å². The maximum Gasteiger partial charge on any atom is 0.270 e. The first-order valence-corrected chi connectivity index (χ1v) is 19.3. The van der Waals surface area contributed by atoms with Crippen LogP contribution in [0.4, 0.5) is 17.5 Å². The minimum atomic E-state index is -0.252. The Hall–Kier alpha value is -4.88. The number of piperidine rings is 2. The summed E-state index contributed by atoms with van der Waals surface area (Å²) in [6, 6.07) is 15.1. The Kier molecular flexibility index (Phi) is 10.1. The summed E-state index contributed by atoms with van der Waals surface area (Å²) in [7, 11) is 3.57. The molecule has 4 fully saturated rings. The third-order valence-corrected chi connectivity index (χ3v) is 11.7. The number of fused-ring (bicyclic) bond motifs is 1. The number of amides is 3. The number of hydrogen-bond acceptors (Lipinski definition) is 10. The van der Waals surface area contributed by atoms with Gasteiger partial charge in [0.1, 0.15) is 17.2 Å². The van der Waals surface area contributed by atoms with Gasteiger partial charge in [0, 0.05) is 90.0 Å². The molecule has 3 amide bonds. The van der Waals surface area contributed by atoms with Crippen molar-refractivity contribution >= 4 is 46.2 Å². The largest absolute Gasteiger partial charge is 0.370 e. The number of hydrogen-bond donors (Lipinski definition) is 2. The van der Waals surface area contributed by atoms with Crippen LogP contribution in [-0.4, -0.2) is 111 Å². The minimum Gasteiger partial charge on any atom is -0.370 e. The van der Waals surface area contributed by atoms with Crippen molar-refractivity contribution in [2.75, 3.05) is 63.6 Å². The van der Waals surface area contributed by atoms with E-state index < -0.39 is 0 Å². The molecular formula is C40H50N10O3. The summed E-state index contributed by atoms with van der Waals surface area (Å²) >= 11 is 0. The predicted molar refractivity (Wildman–Crippen MR) is 204 cm³/mol. The second-order valence-electron chi connectivity index (χ2n) is 15.3. The van der Waals surface area contributed by atoms with E-state index in [1.807, 2.05) is 30.5 Å². The van der Waals surface area contributed by atoms with Crippen molar-refractivity contribution in [3.05, 3.63) is 71.7 Å². The number of nitrogens with zero attached hydrogens (tertiary/aromatic N) is 8. The zero-order chi connectivity index (χ0) is 36.5. The van der Waals surface area contributed by atoms with Gasteiger partial charge in [-0.3, -0.25) is 29.5 Å². The Bertz CT molecular complexity index is 1950. The van der Waals surface area contributed by atoms with Gasteiger partial charge in [-0.25, -0.2) is 9.97 Å². The lowest BCUT2D eigenvalue weighted by atomic mass is 9.87. The van der Waals surface area contributed by atoms with Crippen molar-refractivity contribution in [3.8, 4) is 0 Å². The molecule has 13 heteroatoms. The summed E-state index contributed by atoms with van der Waals surface area (Å²) in [5.41, 5.74) is 4.82. The molecule has 3 aliphatic heterocycles. The summed E-state index contributed by atoms with van der Waals surface area (Å²) in [5, 5.41) is 6.69. The number of piperazine rings is 1. The summed E-state index contributed by atoms with van der Waals surface area (Å²) in [4.78, 5) is 60.7. The fraction of sp³-hybridized carbons (Fsp3) is 0.500. The van der Waals surface area contributed by atoms with Crippen LogP contribution in [0, 0.1) is 0 Å². The second-order valence-corrected chi connectivity index (χ2v) is 15.3. The van der Waals surface area contributed by atoms with E-state index in [0.717, 1.165) is 107 Å². The van der Waals surface area contributed by atoms with E-state index in [0.29, 0.717) is 36.3 Å². The number of pyridine rings is 1. The third kappa shape index (κ3) is 7.50. The molecule has 3 saturated heterocycles. The highest BCUT2D eigenvalue weighted by Crippen LogP contribution is 2.35.